The van der Waals surface area contributed by atoms with E-state index in [2.05, 4.69) is 0 Å². The largest absolute Gasteiger partial charge is 0.497 e. The third-order valence-electron chi connectivity index (χ3n) is 5.86. The van der Waals surface area contributed by atoms with Crippen LogP contribution in [0.3, 0.4) is 0 Å². The zero-order valence-corrected chi connectivity index (χ0v) is 20.9. The summed E-state index contributed by atoms with van der Waals surface area (Å²) in [6.07, 6.45) is -4.48. The Morgan fingerprint density at radius 1 is 0.737 bits per heavy atom. The minimum Gasteiger partial charge on any atom is -0.497 e. The molecule has 4 aromatic carbocycles. The molecule has 0 radical (unpaired) electrons. The molecule has 0 aromatic heterocycles. The number of hydrogen-bond donors (Lipinski definition) is 0. The fraction of sp³-hybridized carbons (Fsp3) is 0.167. The molecule has 4 aromatic rings. The van der Waals surface area contributed by atoms with Gasteiger partial charge in [0.1, 0.15) is 23.9 Å². The molecule has 8 heteroatoms. The number of alkyl halides is 3. The molecule has 0 aliphatic heterocycles. The summed E-state index contributed by atoms with van der Waals surface area (Å²) in [4.78, 5) is 15.1. The number of nitrogens with zero attached hydrogens (tertiary/aromatic N) is 1. The maximum absolute atomic E-state index is 13.7. The van der Waals surface area contributed by atoms with Gasteiger partial charge in [0.05, 0.1) is 26.3 Å². The van der Waals surface area contributed by atoms with Crippen LogP contribution in [0.25, 0.3) is 0 Å². The molecule has 0 bridgehead atoms. The molecule has 0 spiro atoms. The summed E-state index contributed by atoms with van der Waals surface area (Å²) >= 11 is 0. The highest BCUT2D eigenvalue weighted by molar-refractivity contribution is 6.06. The normalized spacial score (nSPS) is 11.1. The Labute approximate surface area is 219 Å². The molecule has 4 rings (SSSR count). The average molecular weight is 522 g/mol. The van der Waals surface area contributed by atoms with E-state index in [1.165, 1.54) is 31.3 Å². The van der Waals surface area contributed by atoms with Gasteiger partial charge in [-0.3, -0.25) is 4.79 Å². The lowest BCUT2D eigenvalue weighted by molar-refractivity contribution is -0.137. The molecule has 0 unspecified atom stereocenters. The lowest BCUT2D eigenvalue weighted by atomic mass is 10.1. The first-order valence-electron chi connectivity index (χ1n) is 11.7. The number of ether oxygens (including phenoxy) is 3. The van der Waals surface area contributed by atoms with Crippen molar-refractivity contribution in [2.45, 2.75) is 19.3 Å². The fourth-order valence-corrected chi connectivity index (χ4v) is 3.81. The Morgan fingerprint density at radius 3 is 1.89 bits per heavy atom. The minimum atomic E-state index is -4.48. The van der Waals surface area contributed by atoms with E-state index in [1.807, 2.05) is 42.5 Å². The Balaban J connectivity index is 1.60. The van der Waals surface area contributed by atoms with Gasteiger partial charge in [0.15, 0.2) is 0 Å². The summed E-state index contributed by atoms with van der Waals surface area (Å²) in [5.74, 6) is 1.06. The summed E-state index contributed by atoms with van der Waals surface area (Å²) in [7, 11) is 2.94. The first-order chi connectivity index (χ1) is 18.3. The molecule has 0 aliphatic carbocycles. The maximum Gasteiger partial charge on any atom is 0.416 e. The number of carbonyl (C=O) groups excluding carboxylic acids is 1. The van der Waals surface area contributed by atoms with E-state index in [4.69, 9.17) is 14.2 Å². The van der Waals surface area contributed by atoms with Gasteiger partial charge in [-0.05, 0) is 59.7 Å². The van der Waals surface area contributed by atoms with Crippen LogP contribution in [-0.4, -0.2) is 20.1 Å². The molecular formula is C30H26F3NO4. The van der Waals surface area contributed by atoms with E-state index in [-0.39, 0.29) is 12.1 Å². The summed E-state index contributed by atoms with van der Waals surface area (Å²) in [5, 5.41) is 0. The monoisotopic (exact) mass is 521 g/mol. The molecule has 0 saturated carbocycles. The standard InChI is InChI=1S/C30H26F3NO4/c1-36-27-16-23(17-28(18-27)37-2)29(35)34(25-12-10-24(11-13-25)30(31,32)33)19-21-8-14-26(15-9-21)38-20-22-6-4-3-5-7-22/h3-18H,19-20H2,1-2H3. The van der Waals surface area contributed by atoms with Crippen molar-refractivity contribution in [3.05, 3.63) is 119 Å². The summed E-state index contributed by atoms with van der Waals surface area (Å²) in [6.45, 7) is 0.525. The molecule has 38 heavy (non-hydrogen) atoms. The number of halogens is 3. The molecule has 0 heterocycles. The topological polar surface area (TPSA) is 48.0 Å². The quantitative estimate of drug-likeness (QED) is 0.235. The Hall–Kier alpha value is -4.46. The minimum absolute atomic E-state index is 0.114. The van der Waals surface area contributed by atoms with Crippen LogP contribution in [0.2, 0.25) is 0 Å². The Kier molecular flexibility index (Phi) is 8.21. The van der Waals surface area contributed by atoms with Gasteiger partial charge in [0, 0.05) is 17.3 Å². The highest BCUT2D eigenvalue weighted by atomic mass is 19.4. The van der Waals surface area contributed by atoms with E-state index in [9.17, 15) is 18.0 Å². The molecule has 5 nitrogen and oxygen atoms in total. The average Bonchev–Trinajstić information content (AvgIpc) is 2.95. The number of rotatable bonds is 9. The van der Waals surface area contributed by atoms with Crippen LogP contribution < -0.4 is 19.1 Å². The van der Waals surface area contributed by atoms with E-state index >= 15 is 0 Å². The van der Waals surface area contributed by atoms with Crippen molar-refractivity contribution in [3.63, 3.8) is 0 Å². The van der Waals surface area contributed by atoms with Gasteiger partial charge >= 0.3 is 6.18 Å². The van der Waals surface area contributed by atoms with Crippen LogP contribution in [0.1, 0.15) is 27.0 Å². The van der Waals surface area contributed by atoms with Crippen molar-refractivity contribution in [2.75, 3.05) is 19.1 Å². The van der Waals surface area contributed by atoms with Crippen molar-refractivity contribution in [1.29, 1.82) is 0 Å². The lowest BCUT2D eigenvalue weighted by Crippen LogP contribution is -2.30. The van der Waals surface area contributed by atoms with Gasteiger partial charge in [0.2, 0.25) is 0 Å². The molecule has 0 atom stereocenters. The molecule has 0 N–H and O–H groups in total. The smallest absolute Gasteiger partial charge is 0.416 e. The summed E-state index contributed by atoms with van der Waals surface area (Å²) in [5.41, 5.74) is 1.58. The molecule has 0 fully saturated rings. The van der Waals surface area contributed by atoms with Crippen molar-refractivity contribution in [3.8, 4) is 17.2 Å². The number of benzene rings is 4. The molecule has 196 valence electrons. The number of amides is 1. The second kappa shape index (κ2) is 11.7. The van der Waals surface area contributed by atoms with Crippen LogP contribution in [0.15, 0.2) is 97.1 Å². The second-order valence-corrected chi connectivity index (χ2v) is 8.46. The van der Waals surface area contributed by atoms with Crippen LogP contribution >= 0.6 is 0 Å². The predicted molar refractivity (Wildman–Crippen MR) is 139 cm³/mol. The number of carbonyl (C=O) groups is 1. The van der Waals surface area contributed by atoms with Crippen LogP contribution in [0, 0.1) is 0 Å². The SMILES string of the molecule is COc1cc(OC)cc(C(=O)N(Cc2ccc(OCc3ccccc3)cc2)c2ccc(C(F)(F)F)cc2)c1. The van der Waals surface area contributed by atoms with Gasteiger partial charge in [-0.25, -0.2) is 0 Å². The van der Waals surface area contributed by atoms with Gasteiger partial charge in [-0.2, -0.15) is 13.2 Å². The van der Waals surface area contributed by atoms with Gasteiger partial charge in [0.25, 0.3) is 5.91 Å². The van der Waals surface area contributed by atoms with E-state index in [0.717, 1.165) is 23.3 Å². The van der Waals surface area contributed by atoms with Gasteiger partial charge in [-0.1, -0.05) is 42.5 Å². The van der Waals surface area contributed by atoms with E-state index in [1.54, 1.807) is 30.3 Å². The zero-order chi connectivity index (χ0) is 27.1. The molecule has 1 amide bonds. The van der Waals surface area contributed by atoms with Crippen molar-refractivity contribution in [1.82, 2.24) is 0 Å². The third kappa shape index (κ3) is 6.64. The third-order valence-corrected chi connectivity index (χ3v) is 5.86. The highest BCUT2D eigenvalue weighted by Gasteiger charge is 2.30. The molecule has 0 saturated heterocycles. The first-order valence-corrected chi connectivity index (χ1v) is 11.7. The summed E-state index contributed by atoms with van der Waals surface area (Å²) < 4.78 is 55.8. The van der Waals surface area contributed by atoms with Crippen LogP contribution in [0.5, 0.6) is 17.2 Å². The fourth-order valence-electron chi connectivity index (χ4n) is 3.81. The van der Waals surface area contributed by atoms with Crippen molar-refractivity contribution < 1.29 is 32.2 Å². The van der Waals surface area contributed by atoms with Gasteiger partial charge in [-0.15, -0.1) is 0 Å². The maximum atomic E-state index is 13.7. The molecule has 0 aliphatic rings. The van der Waals surface area contributed by atoms with Crippen molar-refractivity contribution >= 4 is 11.6 Å². The van der Waals surface area contributed by atoms with E-state index < -0.39 is 17.6 Å². The second-order valence-electron chi connectivity index (χ2n) is 8.46. The number of anilines is 1. The zero-order valence-electron chi connectivity index (χ0n) is 20.9. The number of methoxy groups -OCH3 is 2. The Bertz CT molecular complexity index is 1330. The molecular weight excluding hydrogens is 495 g/mol. The van der Waals surface area contributed by atoms with Crippen LogP contribution in [0.4, 0.5) is 18.9 Å². The van der Waals surface area contributed by atoms with E-state index in [0.29, 0.717) is 29.5 Å². The van der Waals surface area contributed by atoms with Crippen molar-refractivity contribution in [2.24, 2.45) is 0 Å². The van der Waals surface area contributed by atoms with Gasteiger partial charge < -0.3 is 19.1 Å². The highest BCUT2D eigenvalue weighted by Crippen LogP contribution is 2.32. The first kappa shape index (κ1) is 26.6. The Morgan fingerprint density at radius 2 is 1.34 bits per heavy atom. The van der Waals surface area contributed by atoms with Crippen LogP contribution in [-0.2, 0) is 19.3 Å². The lowest BCUT2D eigenvalue weighted by Gasteiger charge is -2.24. The summed E-state index contributed by atoms with van der Waals surface area (Å²) in [6, 6.07) is 26.2. The number of hydrogen-bond acceptors (Lipinski definition) is 4. The predicted octanol–water partition coefficient (Wildman–Crippen LogP) is 7.15.